The molecule has 0 amide bonds. The molecule has 2 saturated heterocycles. The molecule has 6 rings (SSSR count). The maximum absolute atomic E-state index is 14.5. The average molecular weight is 473 g/mol. The van der Waals surface area contributed by atoms with Crippen molar-refractivity contribution in [2.45, 2.75) is 24.9 Å². The van der Waals surface area contributed by atoms with Crippen molar-refractivity contribution in [3.05, 3.63) is 60.7 Å². The van der Waals surface area contributed by atoms with Gasteiger partial charge in [-0.05, 0) is 50.2 Å². The fraction of sp³-hybridized carbons (Fsp3) is 0.320. The second-order valence-corrected chi connectivity index (χ2v) is 8.94. The van der Waals surface area contributed by atoms with Crippen LogP contribution < -0.4 is 9.64 Å². The van der Waals surface area contributed by atoms with Crippen molar-refractivity contribution in [1.29, 1.82) is 0 Å². The average Bonchev–Trinajstić information content (AvgIpc) is 3.44. The summed E-state index contributed by atoms with van der Waals surface area (Å²) in [5.41, 5.74) is 1.27. The lowest BCUT2D eigenvalue weighted by Crippen LogP contribution is -2.52. The number of ether oxygens (including phenoxy) is 1. The predicted octanol–water partition coefficient (Wildman–Crippen LogP) is 3.22. The normalized spacial score (nSPS) is 19.8. The lowest BCUT2D eigenvalue weighted by molar-refractivity contribution is 0.212. The fourth-order valence-corrected chi connectivity index (χ4v) is 5.02. The monoisotopic (exact) mass is 472 g/mol. The fourth-order valence-electron chi connectivity index (χ4n) is 5.02. The van der Waals surface area contributed by atoms with E-state index < -0.39 is 5.82 Å². The number of hydrogen-bond acceptors (Lipinski definition) is 8. The summed E-state index contributed by atoms with van der Waals surface area (Å²) in [7, 11) is 3.71. The molecule has 2 fully saturated rings. The van der Waals surface area contributed by atoms with Crippen LogP contribution in [0.2, 0.25) is 0 Å². The van der Waals surface area contributed by atoms with Crippen LogP contribution in [0.1, 0.15) is 12.8 Å². The maximum atomic E-state index is 14.5. The van der Waals surface area contributed by atoms with Crippen molar-refractivity contribution < 1.29 is 9.13 Å². The zero-order valence-electron chi connectivity index (χ0n) is 19.5. The van der Waals surface area contributed by atoms with Crippen LogP contribution in [0.25, 0.3) is 28.6 Å². The van der Waals surface area contributed by atoms with Gasteiger partial charge in [0.2, 0.25) is 0 Å². The molecule has 3 aromatic heterocycles. The third-order valence-corrected chi connectivity index (χ3v) is 6.96. The number of benzene rings is 1. The van der Waals surface area contributed by atoms with Gasteiger partial charge in [0.1, 0.15) is 23.1 Å². The summed E-state index contributed by atoms with van der Waals surface area (Å²) in [6.45, 7) is 1.96. The summed E-state index contributed by atoms with van der Waals surface area (Å²) in [5, 5.41) is 8.56. The first-order chi connectivity index (χ1) is 17.1. The van der Waals surface area contributed by atoms with Crippen molar-refractivity contribution in [1.82, 2.24) is 34.8 Å². The van der Waals surface area contributed by atoms with Crippen LogP contribution in [0.3, 0.4) is 0 Å². The Morgan fingerprint density at radius 1 is 0.943 bits per heavy atom. The second-order valence-electron chi connectivity index (χ2n) is 8.94. The van der Waals surface area contributed by atoms with Crippen LogP contribution in [0.5, 0.6) is 5.75 Å². The minimum Gasteiger partial charge on any atom is -0.496 e. The molecule has 2 atom stereocenters. The molecular formula is C25H25FN8O. The SMILES string of the molecule is COc1cccc(F)c1-c1nccc(-c2cn(-c3cccc(N4CC5CCC(C4)N5C)n3)nn2)n1. The molecule has 2 aliphatic rings. The van der Waals surface area contributed by atoms with Gasteiger partial charge >= 0.3 is 0 Å². The Kier molecular flexibility index (Phi) is 5.37. The number of nitrogens with zero attached hydrogens (tertiary/aromatic N) is 8. The lowest BCUT2D eigenvalue weighted by Gasteiger charge is -2.39. The van der Waals surface area contributed by atoms with Crippen LogP contribution >= 0.6 is 0 Å². The third-order valence-electron chi connectivity index (χ3n) is 6.96. The van der Waals surface area contributed by atoms with Gasteiger partial charge in [0, 0.05) is 31.4 Å². The van der Waals surface area contributed by atoms with E-state index in [0.717, 1.165) is 18.9 Å². The number of rotatable bonds is 5. The Morgan fingerprint density at radius 2 is 1.71 bits per heavy atom. The Morgan fingerprint density at radius 3 is 2.51 bits per heavy atom. The van der Waals surface area contributed by atoms with Gasteiger partial charge in [-0.3, -0.25) is 4.90 Å². The van der Waals surface area contributed by atoms with E-state index in [2.05, 4.69) is 37.1 Å². The maximum Gasteiger partial charge on any atom is 0.166 e. The topological polar surface area (TPSA) is 85.1 Å². The largest absolute Gasteiger partial charge is 0.496 e. The first-order valence-electron chi connectivity index (χ1n) is 11.6. The molecule has 9 nitrogen and oxygen atoms in total. The molecule has 1 aromatic carbocycles. The number of piperazine rings is 1. The molecular weight excluding hydrogens is 447 g/mol. The Bertz CT molecular complexity index is 1360. The molecule has 0 aliphatic carbocycles. The minimum atomic E-state index is -0.455. The van der Waals surface area contributed by atoms with Crippen molar-refractivity contribution in [3.8, 4) is 34.3 Å². The zero-order chi connectivity index (χ0) is 23.9. The van der Waals surface area contributed by atoms with E-state index in [-0.39, 0.29) is 11.4 Å². The molecule has 2 bridgehead atoms. The highest BCUT2D eigenvalue weighted by molar-refractivity contribution is 5.67. The minimum absolute atomic E-state index is 0.208. The predicted molar refractivity (Wildman–Crippen MR) is 129 cm³/mol. The standard InChI is InChI=1S/C25H25FN8O/c1-32-16-9-10-17(32)14-33(13-16)22-7-4-8-23(29-22)34-15-20(30-31-34)19-11-12-27-25(28-19)24-18(26)5-3-6-21(24)35-2/h3-8,11-12,15-17H,9-10,13-14H2,1-2H3. The zero-order valence-corrected chi connectivity index (χ0v) is 19.5. The highest BCUT2D eigenvalue weighted by atomic mass is 19.1. The molecule has 35 heavy (non-hydrogen) atoms. The van der Waals surface area contributed by atoms with E-state index in [1.165, 1.54) is 26.0 Å². The summed E-state index contributed by atoms with van der Waals surface area (Å²) in [5.74, 6) is 1.75. The number of aromatic nitrogens is 6. The summed E-state index contributed by atoms with van der Waals surface area (Å²) in [6.07, 6.45) is 5.82. The molecule has 10 heteroatoms. The smallest absolute Gasteiger partial charge is 0.166 e. The third kappa shape index (κ3) is 3.89. The van der Waals surface area contributed by atoms with Crippen molar-refractivity contribution >= 4 is 5.82 Å². The molecule has 2 unspecified atom stereocenters. The van der Waals surface area contributed by atoms with Crippen LogP contribution in [0, 0.1) is 5.82 Å². The van der Waals surface area contributed by atoms with E-state index in [1.54, 1.807) is 35.3 Å². The number of hydrogen-bond donors (Lipinski definition) is 0. The Labute approximate surface area is 202 Å². The summed E-state index contributed by atoms with van der Waals surface area (Å²) < 4.78 is 21.5. The van der Waals surface area contributed by atoms with Crippen LogP contribution in [0.15, 0.2) is 54.9 Å². The number of anilines is 1. The first kappa shape index (κ1) is 21.6. The molecule has 4 aromatic rings. The van der Waals surface area contributed by atoms with Gasteiger partial charge in [0.05, 0.1) is 24.6 Å². The lowest BCUT2D eigenvalue weighted by atomic mass is 10.1. The van der Waals surface area contributed by atoms with E-state index in [1.807, 2.05) is 18.2 Å². The number of methoxy groups -OCH3 is 1. The quantitative estimate of drug-likeness (QED) is 0.438. The first-order valence-corrected chi connectivity index (χ1v) is 11.6. The molecule has 0 saturated carbocycles. The Balaban J connectivity index is 1.28. The van der Waals surface area contributed by atoms with Gasteiger partial charge in [-0.1, -0.05) is 17.3 Å². The molecule has 5 heterocycles. The van der Waals surface area contributed by atoms with E-state index in [9.17, 15) is 4.39 Å². The van der Waals surface area contributed by atoms with E-state index in [0.29, 0.717) is 35.0 Å². The number of halogens is 1. The van der Waals surface area contributed by atoms with Crippen molar-refractivity contribution in [2.75, 3.05) is 32.1 Å². The van der Waals surface area contributed by atoms with Crippen LogP contribution in [0.4, 0.5) is 10.2 Å². The summed E-state index contributed by atoms with van der Waals surface area (Å²) in [6, 6.07) is 13.4. The van der Waals surface area contributed by atoms with Gasteiger partial charge in [-0.2, -0.15) is 0 Å². The van der Waals surface area contributed by atoms with Crippen molar-refractivity contribution in [3.63, 3.8) is 0 Å². The summed E-state index contributed by atoms with van der Waals surface area (Å²) in [4.78, 5) is 18.5. The van der Waals surface area contributed by atoms with Crippen LogP contribution in [-0.4, -0.2) is 74.2 Å². The number of pyridine rings is 1. The van der Waals surface area contributed by atoms with E-state index in [4.69, 9.17) is 9.72 Å². The van der Waals surface area contributed by atoms with Gasteiger partial charge in [-0.15, -0.1) is 5.10 Å². The molecule has 178 valence electrons. The molecule has 2 aliphatic heterocycles. The van der Waals surface area contributed by atoms with Crippen LogP contribution in [-0.2, 0) is 0 Å². The van der Waals surface area contributed by atoms with Gasteiger partial charge in [-0.25, -0.2) is 24.0 Å². The Hall–Kier alpha value is -3.92. The van der Waals surface area contributed by atoms with Gasteiger partial charge in [0.15, 0.2) is 11.6 Å². The highest BCUT2D eigenvalue weighted by Gasteiger charge is 2.37. The molecule has 0 spiro atoms. The molecule has 0 radical (unpaired) electrons. The highest BCUT2D eigenvalue weighted by Crippen LogP contribution is 2.32. The van der Waals surface area contributed by atoms with Gasteiger partial charge < -0.3 is 9.64 Å². The summed E-state index contributed by atoms with van der Waals surface area (Å²) >= 11 is 0. The van der Waals surface area contributed by atoms with E-state index >= 15 is 0 Å². The number of fused-ring (bicyclic) bond motifs is 2. The van der Waals surface area contributed by atoms with Gasteiger partial charge in [0.25, 0.3) is 0 Å². The second kappa shape index (κ2) is 8.70. The number of likely N-dealkylation sites (N-methyl/N-ethyl adjacent to an activating group) is 1. The molecule has 0 N–H and O–H groups in total. The van der Waals surface area contributed by atoms with Crippen molar-refractivity contribution in [2.24, 2.45) is 0 Å².